The number of carbonyl (C=O) groups is 1. The molecule has 0 aromatic heterocycles. The van der Waals surface area contributed by atoms with E-state index < -0.39 is 10.9 Å². The average molecular weight is 244 g/mol. The summed E-state index contributed by atoms with van der Waals surface area (Å²) < 4.78 is 4.82. The summed E-state index contributed by atoms with van der Waals surface area (Å²) in [5.74, 6) is -0.726. The highest BCUT2D eigenvalue weighted by Gasteiger charge is 2.21. The molecule has 1 aromatic rings. The second kappa shape index (κ2) is 5.46. The van der Waals surface area contributed by atoms with E-state index in [1.165, 1.54) is 18.2 Å². The van der Waals surface area contributed by atoms with Crippen LogP contribution in [0, 0.1) is 10.1 Å². The van der Waals surface area contributed by atoms with Gasteiger partial charge in [0, 0.05) is 11.1 Å². The van der Waals surface area contributed by atoms with Crippen molar-refractivity contribution in [1.82, 2.24) is 0 Å². The summed E-state index contributed by atoms with van der Waals surface area (Å²) >= 11 is 5.67. The number of esters is 1. The Morgan fingerprint density at radius 1 is 1.56 bits per heavy atom. The van der Waals surface area contributed by atoms with Gasteiger partial charge in [-0.1, -0.05) is 18.5 Å². The zero-order valence-electron chi connectivity index (χ0n) is 8.60. The van der Waals surface area contributed by atoms with Gasteiger partial charge >= 0.3 is 5.97 Å². The molecule has 0 amide bonds. The van der Waals surface area contributed by atoms with E-state index in [2.05, 4.69) is 0 Å². The third-order valence-electron chi connectivity index (χ3n) is 1.81. The van der Waals surface area contributed by atoms with Gasteiger partial charge in [-0.05, 0) is 18.6 Å². The summed E-state index contributed by atoms with van der Waals surface area (Å²) in [6, 6.07) is 3.78. The van der Waals surface area contributed by atoms with Crippen LogP contribution < -0.4 is 0 Å². The highest BCUT2D eigenvalue weighted by molar-refractivity contribution is 6.31. The summed E-state index contributed by atoms with van der Waals surface area (Å²) in [5.41, 5.74) is -0.420. The van der Waals surface area contributed by atoms with Crippen molar-refractivity contribution in [1.29, 1.82) is 0 Å². The first kappa shape index (κ1) is 12.4. The van der Waals surface area contributed by atoms with Crippen LogP contribution in [-0.4, -0.2) is 17.5 Å². The SMILES string of the molecule is CCCOC(=O)c1cc(Cl)ccc1[N+](=O)[O-]. The Kier molecular flexibility index (Phi) is 4.25. The smallest absolute Gasteiger partial charge is 0.345 e. The van der Waals surface area contributed by atoms with Crippen LogP contribution in [0.25, 0.3) is 0 Å². The highest BCUT2D eigenvalue weighted by Crippen LogP contribution is 2.23. The number of benzene rings is 1. The van der Waals surface area contributed by atoms with Gasteiger partial charge in [0.25, 0.3) is 5.69 Å². The number of nitrogens with zero attached hydrogens (tertiary/aromatic N) is 1. The number of carbonyl (C=O) groups excluding carboxylic acids is 1. The lowest BCUT2D eigenvalue weighted by atomic mass is 10.2. The molecule has 0 spiro atoms. The third-order valence-corrected chi connectivity index (χ3v) is 2.05. The summed E-state index contributed by atoms with van der Waals surface area (Å²) in [7, 11) is 0. The minimum Gasteiger partial charge on any atom is -0.462 e. The molecule has 0 aliphatic carbocycles. The molecule has 0 aliphatic rings. The molecule has 1 rings (SSSR count). The standard InChI is InChI=1S/C10H10ClNO4/c1-2-5-16-10(13)8-6-7(11)3-4-9(8)12(14)15/h3-4,6H,2,5H2,1H3. The summed E-state index contributed by atoms with van der Waals surface area (Å²) in [6.45, 7) is 2.06. The molecule has 0 bridgehead atoms. The molecule has 6 heteroatoms. The van der Waals surface area contributed by atoms with Gasteiger partial charge in [0.1, 0.15) is 5.56 Å². The fourth-order valence-corrected chi connectivity index (χ4v) is 1.28. The van der Waals surface area contributed by atoms with Crippen molar-refractivity contribution >= 4 is 23.3 Å². The van der Waals surface area contributed by atoms with Gasteiger partial charge < -0.3 is 4.74 Å². The molecule has 0 heterocycles. The second-order valence-electron chi connectivity index (χ2n) is 3.05. The van der Waals surface area contributed by atoms with E-state index in [0.29, 0.717) is 6.42 Å². The Labute approximate surface area is 97.1 Å². The van der Waals surface area contributed by atoms with Crippen molar-refractivity contribution in [3.05, 3.63) is 38.9 Å². The van der Waals surface area contributed by atoms with E-state index in [1.54, 1.807) is 0 Å². The normalized spacial score (nSPS) is 9.88. The van der Waals surface area contributed by atoms with Crippen LogP contribution in [0.15, 0.2) is 18.2 Å². The predicted molar refractivity (Wildman–Crippen MR) is 58.7 cm³/mol. The molecule has 0 N–H and O–H groups in total. The summed E-state index contributed by atoms with van der Waals surface area (Å²) in [5, 5.41) is 10.9. The Morgan fingerprint density at radius 3 is 2.81 bits per heavy atom. The Balaban J connectivity index is 3.04. The molecule has 0 radical (unpaired) electrons. The monoisotopic (exact) mass is 243 g/mol. The van der Waals surface area contributed by atoms with E-state index in [-0.39, 0.29) is 22.9 Å². The number of halogens is 1. The molecule has 0 aliphatic heterocycles. The Bertz CT molecular complexity index is 419. The minimum absolute atomic E-state index is 0.119. The van der Waals surface area contributed by atoms with Crippen LogP contribution >= 0.6 is 11.6 Å². The van der Waals surface area contributed by atoms with Crippen LogP contribution in [0.4, 0.5) is 5.69 Å². The van der Waals surface area contributed by atoms with Crippen LogP contribution in [0.2, 0.25) is 5.02 Å². The van der Waals surface area contributed by atoms with Crippen LogP contribution in [0.5, 0.6) is 0 Å². The van der Waals surface area contributed by atoms with E-state index >= 15 is 0 Å². The largest absolute Gasteiger partial charge is 0.462 e. The molecule has 0 saturated carbocycles. The van der Waals surface area contributed by atoms with Crippen LogP contribution in [-0.2, 0) is 4.74 Å². The topological polar surface area (TPSA) is 69.4 Å². The van der Waals surface area contributed by atoms with E-state index in [9.17, 15) is 14.9 Å². The van der Waals surface area contributed by atoms with Gasteiger partial charge in [0.2, 0.25) is 0 Å². The first-order valence-electron chi connectivity index (χ1n) is 4.67. The number of nitro benzene ring substituents is 1. The fourth-order valence-electron chi connectivity index (χ4n) is 1.10. The van der Waals surface area contributed by atoms with Crippen molar-refractivity contribution in [3.63, 3.8) is 0 Å². The molecular formula is C10H10ClNO4. The molecule has 0 atom stereocenters. The maximum atomic E-state index is 11.5. The van der Waals surface area contributed by atoms with Crippen LogP contribution in [0.3, 0.4) is 0 Å². The molecule has 0 fully saturated rings. The van der Waals surface area contributed by atoms with Crippen molar-refractivity contribution in [2.45, 2.75) is 13.3 Å². The minimum atomic E-state index is -0.726. The molecule has 86 valence electrons. The maximum absolute atomic E-state index is 11.5. The lowest BCUT2D eigenvalue weighted by Gasteiger charge is -2.04. The first-order chi connectivity index (χ1) is 7.56. The molecule has 0 saturated heterocycles. The molecular weight excluding hydrogens is 234 g/mol. The highest BCUT2D eigenvalue weighted by atomic mass is 35.5. The summed E-state index contributed by atoms with van der Waals surface area (Å²) in [6.07, 6.45) is 0.653. The van der Waals surface area contributed by atoms with Crippen LogP contribution in [0.1, 0.15) is 23.7 Å². The van der Waals surface area contributed by atoms with Crippen molar-refractivity contribution in [2.24, 2.45) is 0 Å². The number of rotatable bonds is 4. The van der Waals surface area contributed by atoms with E-state index in [0.717, 1.165) is 0 Å². The number of ether oxygens (including phenoxy) is 1. The average Bonchev–Trinajstić information content (AvgIpc) is 2.25. The maximum Gasteiger partial charge on any atom is 0.345 e. The molecule has 5 nitrogen and oxygen atoms in total. The van der Waals surface area contributed by atoms with Crippen molar-refractivity contribution in [3.8, 4) is 0 Å². The van der Waals surface area contributed by atoms with Gasteiger partial charge in [-0.15, -0.1) is 0 Å². The zero-order chi connectivity index (χ0) is 12.1. The third kappa shape index (κ3) is 2.93. The number of hydrogen-bond acceptors (Lipinski definition) is 4. The fraction of sp³-hybridized carbons (Fsp3) is 0.300. The molecule has 1 aromatic carbocycles. The quantitative estimate of drug-likeness (QED) is 0.463. The van der Waals surface area contributed by atoms with E-state index in [4.69, 9.17) is 16.3 Å². The van der Waals surface area contributed by atoms with Gasteiger partial charge in [-0.25, -0.2) is 4.79 Å². The van der Waals surface area contributed by atoms with Gasteiger partial charge in [-0.3, -0.25) is 10.1 Å². The predicted octanol–water partition coefficient (Wildman–Crippen LogP) is 2.82. The zero-order valence-corrected chi connectivity index (χ0v) is 9.36. The Morgan fingerprint density at radius 2 is 2.25 bits per heavy atom. The summed E-state index contributed by atoms with van der Waals surface area (Å²) in [4.78, 5) is 21.5. The molecule has 0 unspecified atom stereocenters. The lowest BCUT2D eigenvalue weighted by Crippen LogP contribution is -2.08. The van der Waals surface area contributed by atoms with Crippen molar-refractivity contribution in [2.75, 3.05) is 6.61 Å². The van der Waals surface area contributed by atoms with E-state index in [1.807, 2.05) is 6.92 Å². The number of nitro groups is 1. The van der Waals surface area contributed by atoms with Gasteiger partial charge in [0.15, 0.2) is 0 Å². The van der Waals surface area contributed by atoms with Gasteiger partial charge in [-0.2, -0.15) is 0 Å². The number of hydrogen-bond donors (Lipinski definition) is 0. The molecule has 16 heavy (non-hydrogen) atoms. The van der Waals surface area contributed by atoms with Gasteiger partial charge in [0.05, 0.1) is 11.5 Å². The first-order valence-corrected chi connectivity index (χ1v) is 5.05. The second-order valence-corrected chi connectivity index (χ2v) is 3.49. The Hall–Kier alpha value is -1.62. The lowest BCUT2D eigenvalue weighted by molar-refractivity contribution is -0.385. The van der Waals surface area contributed by atoms with Crippen molar-refractivity contribution < 1.29 is 14.5 Å².